The van der Waals surface area contributed by atoms with Crippen molar-refractivity contribution in [3.8, 4) is 0 Å². The third-order valence-corrected chi connectivity index (χ3v) is 4.53. The number of sulfone groups is 1. The standard InChI is InChI=1S/C14H17F2NO5S/c1-2-3-4-11(13(19)20)17-12(18)9-5-7-10(8-6-9)23(21,22)14(15)16/h5-8,11,14H,2-4H2,1H3,(H,17,18)(H,19,20). The zero-order chi connectivity index (χ0) is 17.6. The third-order valence-electron chi connectivity index (χ3n) is 3.13. The molecule has 0 aromatic heterocycles. The van der Waals surface area contributed by atoms with Crippen molar-refractivity contribution in [3.05, 3.63) is 29.8 Å². The molecule has 6 nitrogen and oxygen atoms in total. The fourth-order valence-electron chi connectivity index (χ4n) is 1.81. The lowest BCUT2D eigenvalue weighted by Crippen LogP contribution is -2.40. The number of carbonyl (C=O) groups excluding carboxylic acids is 1. The van der Waals surface area contributed by atoms with Crippen LogP contribution in [0.4, 0.5) is 8.78 Å². The molecule has 1 atom stereocenters. The number of carbonyl (C=O) groups is 2. The Morgan fingerprint density at radius 1 is 1.22 bits per heavy atom. The Morgan fingerprint density at radius 2 is 1.78 bits per heavy atom. The minimum absolute atomic E-state index is 0.0130. The molecule has 128 valence electrons. The van der Waals surface area contributed by atoms with Gasteiger partial charge in [-0.2, -0.15) is 8.78 Å². The summed E-state index contributed by atoms with van der Waals surface area (Å²) in [6.07, 6.45) is 1.64. The molecule has 1 aromatic rings. The van der Waals surface area contributed by atoms with Crippen molar-refractivity contribution in [2.75, 3.05) is 0 Å². The molecule has 0 aliphatic carbocycles. The second kappa shape index (κ2) is 8.00. The van der Waals surface area contributed by atoms with Gasteiger partial charge in [-0.15, -0.1) is 0 Å². The quantitative estimate of drug-likeness (QED) is 0.748. The van der Waals surface area contributed by atoms with Crippen LogP contribution in [-0.2, 0) is 14.6 Å². The van der Waals surface area contributed by atoms with Crippen molar-refractivity contribution in [1.29, 1.82) is 0 Å². The second-order valence-corrected chi connectivity index (χ2v) is 6.75. The van der Waals surface area contributed by atoms with E-state index in [1.807, 2.05) is 6.92 Å². The normalized spacial score (nSPS) is 12.9. The Bertz CT molecular complexity index is 658. The van der Waals surface area contributed by atoms with E-state index in [1.54, 1.807) is 0 Å². The fourth-order valence-corrected chi connectivity index (χ4v) is 2.53. The molecule has 0 saturated heterocycles. The van der Waals surface area contributed by atoms with Crippen molar-refractivity contribution >= 4 is 21.7 Å². The number of alkyl halides is 2. The predicted octanol–water partition coefficient (Wildman–Crippen LogP) is 2.06. The van der Waals surface area contributed by atoms with Gasteiger partial charge in [0.1, 0.15) is 6.04 Å². The van der Waals surface area contributed by atoms with E-state index in [9.17, 15) is 26.8 Å². The van der Waals surface area contributed by atoms with Gasteiger partial charge in [-0.1, -0.05) is 19.8 Å². The van der Waals surface area contributed by atoms with Gasteiger partial charge in [0.2, 0.25) is 9.84 Å². The average Bonchev–Trinajstić information content (AvgIpc) is 2.50. The third kappa shape index (κ3) is 4.98. The number of hydrogen-bond acceptors (Lipinski definition) is 4. The van der Waals surface area contributed by atoms with Gasteiger partial charge in [0.25, 0.3) is 5.91 Å². The zero-order valence-electron chi connectivity index (χ0n) is 12.3. The summed E-state index contributed by atoms with van der Waals surface area (Å²) in [5.74, 6) is -5.44. The molecule has 2 N–H and O–H groups in total. The minimum atomic E-state index is -4.73. The van der Waals surface area contributed by atoms with E-state index in [0.717, 1.165) is 30.7 Å². The van der Waals surface area contributed by atoms with Gasteiger partial charge in [-0.05, 0) is 30.7 Å². The summed E-state index contributed by atoms with van der Waals surface area (Å²) in [4.78, 5) is 22.4. The molecular formula is C14H17F2NO5S. The lowest BCUT2D eigenvalue weighted by atomic mass is 10.1. The smallest absolute Gasteiger partial charge is 0.341 e. The van der Waals surface area contributed by atoms with Crippen LogP contribution in [-0.4, -0.2) is 37.2 Å². The molecule has 1 rings (SSSR count). The number of carboxylic acids is 1. The first-order valence-electron chi connectivity index (χ1n) is 6.86. The van der Waals surface area contributed by atoms with Crippen molar-refractivity contribution in [2.45, 2.75) is 42.9 Å². The highest BCUT2D eigenvalue weighted by molar-refractivity contribution is 7.91. The summed E-state index contributed by atoms with van der Waals surface area (Å²) in [6.45, 7) is 1.88. The molecule has 0 heterocycles. The number of halogens is 2. The van der Waals surface area contributed by atoms with Crippen molar-refractivity contribution < 1.29 is 31.9 Å². The highest BCUT2D eigenvalue weighted by atomic mass is 32.2. The van der Waals surface area contributed by atoms with Crippen LogP contribution in [0.5, 0.6) is 0 Å². The number of benzene rings is 1. The number of carboxylic acid groups (broad SMARTS) is 1. The number of rotatable bonds is 8. The van der Waals surface area contributed by atoms with E-state index in [2.05, 4.69) is 5.32 Å². The Kier molecular flexibility index (Phi) is 6.62. The summed E-state index contributed by atoms with van der Waals surface area (Å²) in [5.41, 5.74) is -0.0130. The van der Waals surface area contributed by atoms with Crippen LogP contribution in [0.3, 0.4) is 0 Å². The van der Waals surface area contributed by atoms with Crippen LogP contribution >= 0.6 is 0 Å². The molecule has 1 amide bonds. The van der Waals surface area contributed by atoms with Crippen LogP contribution < -0.4 is 5.32 Å². The first-order chi connectivity index (χ1) is 10.7. The maximum atomic E-state index is 12.4. The molecule has 0 spiro atoms. The molecule has 9 heteroatoms. The van der Waals surface area contributed by atoms with Crippen LogP contribution in [0, 0.1) is 0 Å². The van der Waals surface area contributed by atoms with Crippen molar-refractivity contribution in [3.63, 3.8) is 0 Å². The van der Waals surface area contributed by atoms with Gasteiger partial charge in [0.05, 0.1) is 4.90 Å². The second-order valence-electron chi connectivity index (χ2n) is 4.84. The van der Waals surface area contributed by atoms with E-state index in [4.69, 9.17) is 5.11 Å². The topological polar surface area (TPSA) is 101 Å². The summed E-state index contributed by atoms with van der Waals surface area (Å²) < 4.78 is 47.3. The highest BCUT2D eigenvalue weighted by Crippen LogP contribution is 2.18. The Morgan fingerprint density at radius 3 is 2.22 bits per heavy atom. The minimum Gasteiger partial charge on any atom is -0.480 e. The fraction of sp³-hybridized carbons (Fsp3) is 0.429. The van der Waals surface area contributed by atoms with E-state index in [1.165, 1.54) is 0 Å². The first-order valence-corrected chi connectivity index (χ1v) is 8.40. The molecule has 1 unspecified atom stereocenters. The van der Waals surface area contributed by atoms with Gasteiger partial charge >= 0.3 is 11.7 Å². The maximum absolute atomic E-state index is 12.4. The summed E-state index contributed by atoms with van der Waals surface area (Å²) in [5, 5.41) is 11.3. The van der Waals surface area contributed by atoms with Gasteiger partial charge < -0.3 is 10.4 Å². The van der Waals surface area contributed by atoms with Gasteiger partial charge in [-0.25, -0.2) is 13.2 Å². The van der Waals surface area contributed by atoms with E-state index >= 15 is 0 Å². The van der Waals surface area contributed by atoms with Gasteiger partial charge in [0.15, 0.2) is 0 Å². The van der Waals surface area contributed by atoms with Gasteiger partial charge in [-0.3, -0.25) is 4.79 Å². The molecule has 23 heavy (non-hydrogen) atoms. The number of nitrogens with one attached hydrogen (secondary N) is 1. The van der Waals surface area contributed by atoms with Crippen LogP contribution in [0.2, 0.25) is 0 Å². The Hall–Kier alpha value is -2.03. The average molecular weight is 349 g/mol. The molecule has 0 saturated carbocycles. The molecule has 0 aliphatic rings. The SMILES string of the molecule is CCCCC(NC(=O)c1ccc(S(=O)(=O)C(F)F)cc1)C(=O)O. The van der Waals surface area contributed by atoms with Crippen molar-refractivity contribution in [1.82, 2.24) is 5.32 Å². The molecular weight excluding hydrogens is 332 g/mol. The number of hydrogen-bond donors (Lipinski definition) is 2. The number of amides is 1. The van der Waals surface area contributed by atoms with Crippen LogP contribution in [0.15, 0.2) is 29.2 Å². The van der Waals surface area contributed by atoms with Crippen LogP contribution in [0.25, 0.3) is 0 Å². The summed E-state index contributed by atoms with van der Waals surface area (Å²) in [6, 6.07) is 2.83. The maximum Gasteiger partial charge on any atom is 0.341 e. The van der Waals surface area contributed by atoms with E-state index in [-0.39, 0.29) is 12.0 Å². The lowest BCUT2D eigenvalue weighted by molar-refractivity contribution is -0.139. The summed E-state index contributed by atoms with van der Waals surface area (Å²) in [7, 11) is -4.73. The molecule has 0 fully saturated rings. The zero-order valence-corrected chi connectivity index (χ0v) is 13.1. The highest BCUT2D eigenvalue weighted by Gasteiger charge is 2.27. The van der Waals surface area contributed by atoms with E-state index < -0.39 is 38.4 Å². The lowest BCUT2D eigenvalue weighted by Gasteiger charge is -2.14. The monoisotopic (exact) mass is 349 g/mol. The summed E-state index contributed by atoms with van der Waals surface area (Å²) >= 11 is 0. The van der Waals surface area contributed by atoms with Crippen LogP contribution in [0.1, 0.15) is 36.5 Å². The molecule has 0 radical (unpaired) electrons. The predicted molar refractivity (Wildman–Crippen MR) is 78.0 cm³/mol. The van der Waals surface area contributed by atoms with Gasteiger partial charge in [0, 0.05) is 5.56 Å². The molecule has 0 bridgehead atoms. The Labute approximate surface area is 132 Å². The first kappa shape index (κ1) is 19.0. The van der Waals surface area contributed by atoms with E-state index in [0.29, 0.717) is 6.42 Å². The number of unbranched alkanes of at least 4 members (excludes halogenated alkanes) is 1. The van der Waals surface area contributed by atoms with Crippen molar-refractivity contribution in [2.24, 2.45) is 0 Å². The molecule has 0 aliphatic heterocycles. The number of aliphatic carboxylic acids is 1. The largest absolute Gasteiger partial charge is 0.480 e. The Balaban J connectivity index is 2.87. The molecule has 1 aromatic carbocycles.